The van der Waals surface area contributed by atoms with Crippen molar-refractivity contribution in [2.75, 3.05) is 0 Å². The number of aromatic nitrogens is 1. The van der Waals surface area contributed by atoms with Gasteiger partial charge in [-0.05, 0) is 44.0 Å². The van der Waals surface area contributed by atoms with E-state index in [0.717, 1.165) is 35.3 Å². The van der Waals surface area contributed by atoms with Crippen LogP contribution in [0.5, 0.6) is 0 Å². The van der Waals surface area contributed by atoms with Crippen molar-refractivity contribution in [3.05, 3.63) is 69.2 Å². The Bertz CT molecular complexity index is 652. The Labute approximate surface area is 118 Å². The molecule has 1 aromatic heterocycles. The molecule has 0 unspecified atom stereocenters. The lowest BCUT2D eigenvalue weighted by Crippen LogP contribution is -1.99. The Morgan fingerprint density at radius 3 is 2.45 bits per heavy atom. The van der Waals surface area contributed by atoms with Crippen molar-refractivity contribution in [3.63, 3.8) is 0 Å². The molecule has 4 heteroatoms. The zero-order valence-corrected chi connectivity index (χ0v) is 12.0. The van der Waals surface area contributed by atoms with Gasteiger partial charge in [0, 0.05) is 28.7 Å². The minimum atomic E-state index is -0.442. The van der Waals surface area contributed by atoms with E-state index in [1.54, 1.807) is 6.08 Å². The van der Waals surface area contributed by atoms with Crippen LogP contribution in [-0.4, -0.2) is 9.49 Å². The minimum Gasteiger partial charge on any atom is -0.318 e. The molecule has 0 amide bonds. The zero-order valence-electron chi connectivity index (χ0n) is 12.0. The first kappa shape index (κ1) is 14.1. The van der Waals surface area contributed by atoms with Crippen molar-refractivity contribution < 1.29 is 4.92 Å². The van der Waals surface area contributed by atoms with Gasteiger partial charge in [-0.1, -0.05) is 19.1 Å². The van der Waals surface area contributed by atoms with Gasteiger partial charge in [0.15, 0.2) is 0 Å². The average molecular weight is 270 g/mol. The monoisotopic (exact) mass is 270 g/mol. The highest BCUT2D eigenvalue weighted by atomic mass is 16.6. The lowest BCUT2D eigenvalue weighted by Gasteiger charge is -2.10. The van der Waals surface area contributed by atoms with E-state index in [1.165, 1.54) is 5.56 Å². The molecule has 0 saturated carbocycles. The van der Waals surface area contributed by atoms with E-state index in [4.69, 9.17) is 0 Å². The van der Waals surface area contributed by atoms with Crippen LogP contribution >= 0.6 is 0 Å². The van der Waals surface area contributed by atoms with Gasteiger partial charge in [0.2, 0.25) is 6.20 Å². The van der Waals surface area contributed by atoms with E-state index >= 15 is 0 Å². The summed E-state index contributed by atoms with van der Waals surface area (Å²) < 4.78 is 2.11. The molecule has 2 aromatic rings. The molecule has 1 heterocycles. The summed E-state index contributed by atoms with van der Waals surface area (Å²) in [6.45, 7) is 6.10. The third-order valence-corrected chi connectivity index (χ3v) is 3.45. The van der Waals surface area contributed by atoms with Crippen molar-refractivity contribution in [1.29, 1.82) is 0 Å². The Morgan fingerprint density at radius 1 is 1.25 bits per heavy atom. The molecule has 0 aliphatic heterocycles. The van der Waals surface area contributed by atoms with Crippen LogP contribution in [0, 0.1) is 24.0 Å². The lowest BCUT2D eigenvalue weighted by atomic mass is 10.1. The molecule has 104 valence electrons. The van der Waals surface area contributed by atoms with E-state index < -0.39 is 4.92 Å². The van der Waals surface area contributed by atoms with E-state index in [2.05, 4.69) is 35.8 Å². The highest BCUT2D eigenvalue weighted by Crippen LogP contribution is 2.22. The van der Waals surface area contributed by atoms with Crippen molar-refractivity contribution in [2.45, 2.75) is 27.2 Å². The molecular weight excluding hydrogens is 252 g/mol. The summed E-state index contributed by atoms with van der Waals surface area (Å²) >= 11 is 0. The van der Waals surface area contributed by atoms with Crippen molar-refractivity contribution in [3.8, 4) is 5.69 Å². The first-order valence-electron chi connectivity index (χ1n) is 6.63. The van der Waals surface area contributed by atoms with Gasteiger partial charge in [-0.2, -0.15) is 0 Å². The standard InChI is InChI=1S/C16H18N2O2/c1-4-14-5-7-16(8-6-14)18-12(2)11-15(13(18)3)9-10-17(19)20/h5-11H,4H2,1-3H3/b10-9+. The number of rotatable bonds is 4. The molecule has 0 N–H and O–H groups in total. The smallest absolute Gasteiger partial charge is 0.235 e. The molecule has 0 saturated heterocycles. The molecule has 2 rings (SSSR count). The molecule has 0 aliphatic carbocycles. The predicted molar refractivity (Wildman–Crippen MR) is 80.6 cm³/mol. The summed E-state index contributed by atoms with van der Waals surface area (Å²) in [6, 6.07) is 10.4. The van der Waals surface area contributed by atoms with Gasteiger partial charge in [0.1, 0.15) is 0 Å². The third kappa shape index (κ3) is 2.79. The Morgan fingerprint density at radius 2 is 1.90 bits per heavy atom. The number of hydrogen-bond acceptors (Lipinski definition) is 2. The summed E-state index contributed by atoms with van der Waals surface area (Å²) in [5.41, 5.74) is 5.32. The van der Waals surface area contributed by atoms with Gasteiger partial charge >= 0.3 is 0 Å². The highest BCUT2D eigenvalue weighted by molar-refractivity contribution is 5.55. The van der Waals surface area contributed by atoms with Crippen LogP contribution in [0.15, 0.2) is 36.5 Å². The fourth-order valence-electron chi connectivity index (χ4n) is 2.38. The topological polar surface area (TPSA) is 48.1 Å². The molecule has 1 aromatic carbocycles. The average Bonchev–Trinajstić information content (AvgIpc) is 2.71. The Hall–Kier alpha value is -2.36. The normalized spacial score (nSPS) is 11.2. The van der Waals surface area contributed by atoms with E-state index in [0.29, 0.717) is 0 Å². The largest absolute Gasteiger partial charge is 0.318 e. The van der Waals surface area contributed by atoms with Crippen LogP contribution in [0.4, 0.5) is 0 Å². The fourth-order valence-corrected chi connectivity index (χ4v) is 2.38. The van der Waals surface area contributed by atoms with Gasteiger partial charge < -0.3 is 4.57 Å². The number of hydrogen-bond donors (Lipinski definition) is 0. The van der Waals surface area contributed by atoms with Crippen LogP contribution in [-0.2, 0) is 6.42 Å². The summed E-state index contributed by atoms with van der Waals surface area (Å²) in [5.74, 6) is 0. The minimum absolute atomic E-state index is 0.442. The van der Waals surface area contributed by atoms with Crippen molar-refractivity contribution >= 4 is 6.08 Å². The van der Waals surface area contributed by atoms with Crippen molar-refractivity contribution in [2.24, 2.45) is 0 Å². The predicted octanol–water partition coefficient (Wildman–Crippen LogP) is 3.90. The Balaban J connectivity index is 2.43. The number of nitro groups is 1. The maximum absolute atomic E-state index is 10.4. The van der Waals surface area contributed by atoms with Crippen LogP contribution < -0.4 is 0 Å². The van der Waals surface area contributed by atoms with Crippen LogP contribution in [0.3, 0.4) is 0 Å². The van der Waals surface area contributed by atoms with Crippen LogP contribution in [0.2, 0.25) is 0 Å². The molecular formula is C16H18N2O2. The molecule has 0 fully saturated rings. The number of benzene rings is 1. The third-order valence-electron chi connectivity index (χ3n) is 3.45. The van der Waals surface area contributed by atoms with Crippen LogP contribution in [0.1, 0.15) is 29.4 Å². The van der Waals surface area contributed by atoms with E-state index in [9.17, 15) is 10.1 Å². The summed E-state index contributed by atoms with van der Waals surface area (Å²) in [6.07, 6.45) is 3.53. The summed E-state index contributed by atoms with van der Waals surface area (Å²) in [7, 11) is 0. The highest BCUT2D eigenvalue weighted by Gasteiger charge is 2.09. The second-order valence-corrected chi connectivity index (χ2v) is 4.78. The quantitative estimate of drug-likeness (QED) is 0.624. The maximum atomic E-state index is 10.4. The first-order chi connectivity index (χ1) is 9.52. The lowest BCUT2D eigenvalue weighted by molar-refractivity contribution is -0.400. The molecule has 0 radical (unpaired) electrons. The van der Waals surface area contributed by atoms with Gasteiger partial charge in [0.25, 0.3) is 0 Å². The maximum Gasteiger partial charge on any atom is 0.235 e. The number of nitrogens with zero attached hydrogens (tertiary/aromatic N) is 2. The molecule has 0 spiro atoms. The van der Waals surface area contributed by atoms with Gasteiger partial charge in [-0.3, -0.25) is 10.1 Å². The second kappa shape index (κ2) is 5.74. The van der Waals surface area contributed by atoms with E-state index in [1.807, 2.05) is 19.9 Å². The van der Waals surface area contributed by atoms with Crippen molar-refractivity contribution in [1.82, 2.24) is 4.57 Å². The van der Waals surface area contributed by atoms with Gasteiger partial charge in [-0.15, -0.1) is 0 Å². The summed E-state index contributed by atoms with van der Waals surface area (Å²) in [4.78, 5) is 9.99. The summed E-state index contributed by atoms with van der Waals surface area (Å²) in [5, 5.41) is 10.4. The van der Waals surface area contributed by atoms with Crippen LogP contribution in [0.25, 0.3) is 11.8 Å². The Kier molecular flexibility index (Phi) is 4.03. The van der Waals surface area contributed by atoms with Gasteiger partial charge in [0.05, 0.1) is 4.92 Å². The second-order valence-electron chi connectivity index (χ2n) is 4.78. The molecule has 0 aliphatic rings. The number of aryl methyl sites for hydroxylation is 2. The van der Waals surface area contributed by atoms with E-state index in [-0.39, 0.29) is 0 Å². The fraction of sp³-hybridized carbons (Fsp3) is 0.250. The van der Waals surface area contributed by atoms with Gasteiger partial charge in [-0.25, -0.2) is 0 Å². The molecule has 0 atom stereocenters. The zero-order chi connectivity index (χ0) is 14.7. The molecule has 4 nitrogen and oxygen atoms in total. The molecule has 20 heavy (non-hydrogen) atoms. The SMILES string of the molecule is CCc1ccc(-n2c(C)cc(/C=C/[N+](=O)[O-])c2C)cc1. The first-order valence-corrected chi connectivity index (χ1v) is 6.63. The molecule has 0 bridgehead atoms.